The highest BCUT2D eigenvalue weighted by atomic mass is 32.2. The van der Waals surface area contributed by atoms with Crippen molar-refractivity contribution in [2.75, 3.05) is 0 Å². The Hall–Kier alpha value is -1.45. The summed E-state index contributed by atoms with van der Waals surface area (Å²) in [6, 6.07) is 3.72. The van der Waals surface area contributed by atoms with Crippen molar-refractivity contribution in [3.8, 4) is 16.7 Å². The highest BCUT2D eigenvalue weighted by Crippen LogP contribution is 2.27. The minimum absolute atomic E-state index is 0.644. The average Bonchev–Trinajstić information content (AvgIpc) is 2.68. The van der Waals surface area contributed by atoms with E-state index in [1.54, 1.807) is 12.4 Å². The van der Waals surface area contributed by atoms with Crippen LogP contribution in [-0.2, 0) is 0 Å². The molecular weight excluding hydrogens is 216 g/mol. The van der Waals surface area contributed by atoms with Gasteiger partial charge < -0.3 is 0 Å². The van der Waals surface area contributed by atoms with Crippen LogP contribution in [0.1, 0.15) is 0 Å². The number of nitriles is 1. The third kappa shape index (κ3) is 1.73. The second-order valence-electron chi connectivity index (χ2n) is 2.35. The van der Waals surface area contributed by atoms with Gasteiger partial charge >= 0.3 is 0 Å². The Labute approximate surface area is 89.0 Å². The van der Waals surface area contributed by atoms with Gasteiger partial charge in [-0.15, -0.1) is 0 Å². The summed E-state index contributed by atoms with van der Waals surface area (Å²) < 4.78 is 8.15. The molecule has 0 aliphatic rings. The standard InChI is InChI=1S/C8H4N4S2/c9-5-13-8-7(11-14-12-8)6-2-1-3-10-4-6/h1-4H. The summed E-state index contributed by atoms with van der Waals surface area (Å²) in [5, 5.41) is 11.2. The zero-order valence-corrected chi connectivity index (χ0v) is 8.55. The van der Waals surface area contributed by atoms with E-state index in [0.717, 1.165) is 34.7 Å². The number of rotatable bonds is 2. The molecule has 2 aromatic heterocycles. The highest BCUT2D eigenvalue weighted by Gasteiger charge is 2.10. The summed E-state index contributed by atoms with van der Waals surface area (Å²) in [5.41, 5.74) is 1.62. The Bertz CT molecular complexity index is 460. The molecule has 0 aliphatic carbocycles. The van der Waals surface area contributed by atoms with Crippen LogP contribution in [0.25, 0.3) is 11.3 Å². The molecule has 0 N–H and O–H groups in total. The van der Waals surface area contributed by atoms with Crippen molar-refractivity contribution < 1.29 is 0 Å². The summed E-state index contributed by atoms with van der Waals surface area (Å²) >= 11 is 2.12. The molecule has 0 spiro atoms. The van der Waals surface area contributed by atoms with Crippen molar-refractivity contribution >= 4 is 23.5 Å². The van der Waals surface area contributed by atoms with E-state index in [1.165, 1.54) is 0 Å². The first-order valence-corrected chi connectivity index (χ1v) is 5.25. The molecule has 14 heavy (non-hydrogen) atoms. The largest absolute Gasteiger partial charge is 0.264 e. The Kier molecular flexibility index (Phi) is 2.72. The summed E-state index contributed by atoms with van der Waals surface area (Å²) in [4.78, 5) is 3.99. The molecule has 68 valence electrons. The minimum Gasteiger partial charge on any atom is -0.264 e. The van der Waals surface area contributed by atoms with E-state index in [2.05, 4.69) is 13.7 Å². The van der Waals surface area contributed by atoms with Gasteiger partial charge in [0.15, 0.2) is 5.03 Å². The lowest BCUT2D eigenvalue weighted by Gasteiger charge is -1.94. The van der Waals surface area contributed by atoms with E-state index < -0.39 is 0 Å². The molecule has 0 atom stereocenters. The SMILES string of the molecule is N#CSc1nsnc1-c1cccnc1. The number of thioether (sulfide) groups is 1. The fourth-order valence-electron chi connectivity index (χ4n) is 0.970. The van der Waals surface area contributed by atoms with Crippen molar-refractivity contribution in [1.82, 2.24) is 13.7 Å². The lowest BCUT2D eigenvalue weighted by Crippen LogP contribution is -1.80. The summed E-state index contributed by atoms with van der Waals surface area (Å²) in [6.45, 7) is 0. The Morgan fingerprint density at radius 1 is 1.43 bits per heavy atom. The topological polar surface area (TPSA) is 62.5 Å². The lowest BCUT2D eigenvalue weighted by molar-refractivity contribution is 1.25. The third-order valence-corrected chi connectivity index (χ3v) is 2.75. The van der Waals surface area contributed by atoms with Gasteiger partial charge in [-0.05, 0) is 12.1 Å². The lowest BCUT2D eigenvalue weighted by atomic mass is 10.2. The quantitative estimate of drug-likeness (QED) is 0.573. The molecule has 4 nitrogen and oxygen atoms in total. The molecule has 2 aromatic rings. The van der Waals surface area contributed by atoms with E-state index in [1.807, 2.05) is 17.5 Å². The molecule has 2 heterocycles. The zero-order valence-electron chi connectivity index (χ0n) is 6.91. The van der Waals surface area contributed by atoms with Crippen LogP contribution in [0.3, 0.4) is 0 Å². The number of hydrogen-bond acceptors (Lipinski definition) is 6. The van der Waals surface area contributed by atoms with Crippen LogP contribution in [0.2, 0.25) is 0 Å². The van der Waals surface area contributed by atoms with Crippen LogP contribution in [-0.4, -0.2) is 13.7 Å². The molecule has 0 unspecified atom stereocenters. The molecule has 2 rings (SSSR count). The number of aromatic nitrogens is 3. The van der Waals surface area contributed by atoms with E-state index in [-0.39, 0.29) is 0 Å². The number of thiocyanates is 1. The molecule has 6 heteroatoms. The number of pyridine rings is 1. The van der Waals surface area contributed by atoms with Gasteiger partial charge in [0.1, 0.15) is 11.1 Å². The van der Waals surface area contributed by atoms with Gasteiger partial charge in [0, 0.05) is 29.7 Å². The van der Waals surface area contributed by atoms with Crippen molar-refractivity contribution in [1.29, 1.82) is 5.26 Å². The molecule has 0 aromatic carbocycles. The van der Waals surface area contributed by atoms with E-state index in [4.69, 9.17) is 5.26 Å². The number of nitrogens with zero attached hydrogens (tertiary/aromatic N) is 4. The predicted molar refractivity (Wildman–Crippen MR) is 54.6 cm³/mol. The molecule has 0 amide bonds. The fraction of sp³-hybridized carbons (Fsp3) is 0. The first-order valence-electron chi connectivity index (χ1n) is 3.70. The molecule has 0 saturated heterocycles. The van der Waals surface area contributed by atoms with Gasteiger partial charge in [-0.1, -0.05) is 0 Å². The second-order valence-corrected chi connectivity index (χ2v) is 3.65. The average molecular weight is 220 g/mol. The van der Waals surface area contributed by atoms with Crippen LogP contribution in [0.5, 0.6) is 0 Å². The smallest absolute Gasteiger partial charge is 0.152 e. The summed E-state index contributed by atoms with van der Waals surface area (Å²) in [6.07, 6.45) is 3.40. The maximum atomic E-state index is 8.54. The zero-order chi connectivity index (χ0) is 9.80. The van der Waals surface area contributed by atoms with Gasteiger partial charge in [-0.25, -0.2) is 0 Å². The van der Waals surface area contributed by atoms with Crippen LogP contribution < -0.4 is 0 Å². The fourth-order valence-corrected chi connectivity index (χ4v) is 2.10. The normalized spacial score (nSPS) is 9.64. The molecule has 0 saturated carbocycles. The molecular formula is C8H4N4S2. The van der Waals surface area contributed by atoms with Gasteiger partial charge in [-0.2, -0.15) is 14.0 Å². The first-order chi connectivity index (χ1) is 6.92. The first kappa shape index (κ1) is 9.12. The van der Waals surface area contributed by atoms with Crippen molar-refractivity contribution in [2.45, 2.75) is 5.03 Å². The molecule has 0 fully saturated rings. The van der Waals surface area contributed by atoms with Crippen molar-refractivity contribution in [2.24, 2.45) is 0 Å². The van der Waals surface area contributed by atoms with E-state index in [0.29, 0.717) is 5.03 Å². The predicted octanol–water partition coefficient (Wildman–Crippen LogP) is 2.17. The Morgan fingerprint density at radius 2 is 2.36 bits per heavy atom. The Morgan fingerprint density at radius 3 is 3.07 bits per heavy atom. The molecule has 0 bridgehead atoms. The third-order valence-electron chi connectivity index (χ3n) is 1.54. The Balaban J connectivity index is 2.43. The minimum atomic E-state index is 0.644. The molecule has 0 radical (unpaired) electrons. The monoisotopic (exact) mass is 220 g/mol. The maximum Gasteiger partial charge on any atom is 0.152 e. The van der Waals surface area contributed by atoms with Crippen molar-refractivity contribution in [3.63, 3.8) is 0 Å². The molecule has 0 aliphatic heterocycles. The van der Waals surface area contributed by atoms with Gasteiger partial charge in [-0.3, -0.25) is 4.98 Å². The van der Waals surface area contributed by atoms with Gasteiger partial charge in [0.05, 0.1) is 11.7 Å². The van der Waals surface area contributed by atoms with Crippen LogP contribution in [0.15, 0.2) is 29.6 Å². The highest BCUT2D eigenvalue weighted by molar-refractivity contribution is 8.03. The maximum absolute atomic E-state index is 8.54. The van der Waals surface area contributed by atoms with Gasteiger partial charge in [0.2, 0.25) is 0 Å². The second kappa shape index (κ2) is 4.17. The van der Waals surface area contributed by atoms with Crippen LogP contribution >= 0.6 is 23.5 Å². The van der Waals surface area contributed by atoms with Crippen LogP contribution in [0, 0.1) is 10.7 Å². The summed E-state index contributed by atoms with van der Waals surface area (Å²) in [5.74, 6) is 0. The summed E-state index contributed by atoms with van der Waals surface area (Å²) in [7, 11) is 0. The van der Waals surface area contributed by atoms with E-state index >= 15 is 0 Å². The van der Waals surface area contributed by atoms with Crippen LogP contribution in [0.4, 0.5) is 0 Å². The van der Waals surface area contributed by atoms with Crippen molar-refractivity contribution in [3.05, 3.63) is 24.5 Å². The van der Waals surface area contributed by atoms with E-state index in [9.17, 15) is 0 Å². The number of hydrogen-bond donors (Lipinski definition) is 0. The van der Waals surface area contributed by atoms with Gasteiger partial charge in [0.25, 0.3) is 0 Å².